The molecule has 5 rings (SSSR count). The summed E-state index contributed by atoms with van der Waals surface area (Å²) in [5.74, 6) is 3.24. The number of nitrogens with zero attached hydrogens (tertiary/aromatic N) is 5. The van der Waals surface area contributed by atoms with Crippen LogP contribution in [0.5, 0.6) is 0 Å². The molecule has 5 nitrogen and oxygen atoms in total. The predicted octanol–water partition coefficient (Wildman–Crippen LogP) is 6.15. The molecule has 1 saturated heterocycles. The van der Waals surface area contributed by atoms with Crippen molar-refractivity contribution in [3.05, 3.63) is 30.0 Å². The van der Waals surface area contributed by atoms with Gasteiger partial charge in [-0.1, -0.05) is 13.3 Å². The minimum atomic E-state index is 0.466. The van der Waals surface area contributed by atoms with E-state index >= 15 is 0 Å². The minimum absolute atomic E-state index is 0.466. The van der Waals surface area contributed by atoms with Crippen molar-refractivity contribution in [1.29, 1.82) is 0 Å². The first-order chi connectivity index (χ1) is 16.2. The summed E-state index contributed by atoms with van der Waals surface area (Å²) < 4.78 is 2.05. The van der Waals surface area contributed by atoms with Crippen molar-refractivity contribution in [2.75, 3.05) is 13.1 Å². The largest absolute Gasteiger partial charge is 0.300 e. The molecule has 2 saturated carbocycles. The molecule has 33 heavy (non-hydrogen) atoms. The lowest BCUT2D eigenvalue weighted by Gasteiger charge is -2.39. The van der Waals surface area contributed by atoms with Gasteiger partial charge in [0.1, 0.15) is 5.82 Å². The van der Waals surface area contributed by atoms with Gasteiger partial charge in [-0.05, 0) is 108 Å². The Balaban J connectivity index is 1.18. The molecule has 1 unspecified atom stereocenters. The van der Waals surface area contributed by atoms with E-state index in [0.717, 1.165) is 42.2 Å². The molecule has 0 aromatic carbocycles. The summed E-state index contributed by atoms with van der Waals surface area (Å²) in [6, 6.07) is 2.94. The van der Waals surface area contributed by atoms with Crippen molar-refractivity contribution in [1.82, 2.24) is 24.6 Å². The predicted molar refractivity (Wildman–Crippen MR) is 134 cm³/mol. The van der Waals surface area contributed by atoms with E-state index in [1.807, 2.05) is 17.1 Å². The average Bonchev–Trinajstić information content (AvgIpc) is 3.62. The second-order valence-electron chi connectivity index (χ2n) is 11.0. The van der Waals surface area contributed by atoms with Crippen LogP contribution in [0.2, 0.25) is 0 Å². The van der Waals surface area contributed by atoms with E-state index < -0.39 is 0 Å². The molecule has 0 N–H and O–H groups in total. The number of aryl methyl sites for hydroxylation is 1. The summed E-state index contributed by atoms with van der Waals surface area (Å²) in [5.41, 5.74) is 3.60. The van der Waals surface area contributed by atoms with Crippen LogP contribution >= 0.6 is 0 Å². The Kier molecular flexibility index (Phi) is 7.44. The van der Waals surface area contributed by atoms with Crippen LogP contribution in [0.25, 0.3) is 11.3 Å². The number of piperidine rings is 1. The van der Waals surface area contributed by atoms with Gasteiger partial charge in [-0.2, -0.15) is 5.10 Å². The summed E-state index contributed by atoms with van der Waals surface area (Å²) in [6.07, 6.45) is 21.4. The Morgan fingerprint density at radius 3 is 2.48 bits per heavy atom. The lowest BCUT2D eigenvalue weighted by atomic mass is 9.80. The molecule has 3 fully saturated rings. The third-order valence-corrected chi connectivity index (χ3v) is 8.70. The van der Waals surface area contributed by atoms with Gasteiger partial charge in [-0.15, -0.1) is 0 Å². The van der Waals surface area contributed by atoms with Crippen LogP contribution < -0.4 is 0 Å². The fraction of sp³-hybridized carbons (Fsp3) is 0.750. The molecular formula is C28H43N5. The van der Waals surface area contributed by atoms with E-state index in [4.69, 9.17) is 9.97 Å². The normalized spacial score (nSPS) is 25.3. The lowest BCUT2D eigenvalue weighted by Crippen LogP contribution is -2.41. The Labute approximate surface area is 200 Å². The number of likely N-dealkylation sites (tertiary alicyclic amines) is 1. The van der Waals surface area contributed by atoms with E-state index in [1.165, 1.54) is 95.0 Å². The molecule has 5 heteroatoms. The zero-order valence-electron chi connectivity index (χ0n) is 20.9. The quantitative estimate of drug-likeness (QED) is 0.461. The fourth-order valence-electron chi connectivity index (χ4n) is 6.27. The van der Waals surface area contributed by atoms with Crippen molar-refractivity contribution in [3.63, 3.8) is 0 Å². The second kappa shape index (κ2) is 10.7. The van der Waals surface area contributed by atoms with Gasteiger partial charge in [0.15, 0.2) is 0 Å². The molecular weight excluding hydrogens is 406 g/mol. The third-order valence-electron chi connectivity index (χ3n) is 8.70. The van der Waals surface area contributed by atoms with Crippen LogP contribution in [0.3, 0.4) is 0 Å². The molecule has 0 radical (unpaired) electrons. The summed E-state index contributed by atoms with van der Waals surface area (Å²) in [6.45, 7) is 5.00. The zero-order valence-corrected chi connectivity index (χ0v) is 20.9. The Bertz CT molecular complexity index is 887. The molecule has 180 valence electrons. The van der Waals surface area contributed by atoms with Crippen molar-refractivity contribution in [3.8, 4) is 11.3 Å². The van der Waals surface area contributed by atoms with Gasteiger partial charge in [-0.3, -0.25) is 4.68 Å². The van der Waals surface area contributed by atoms with E-state index in [0.29, 0.717) is 5.92 Å². The first kappa shape index (κ1) is 23.0. The van der Waals surface area contributed by atoms with Crippen LogP contribution in [0, 0.1) is 11.8 Å². The standard InChI is InChI=1S/C28H43N5/c1-3-23(12-9-21-10-13-24(14-11-21)33-17-5-4-6-18-33)28-29-16-15-26(31-28)25-20-30-32(2)27(25)19-22-7-8-22/h15-16,20-24H,3-14,17-19H2,1-2H3. The molecule has 3 heterocycles. The smallest absolute Gasteiger partial charge is 0.132 e. The van der Waals surface area contributed by atoms with E-state index in [-0.39, 0.29) is 0 Å². The first-order valence-electron chi connectivity index (χ1n) is 13.8. The fourth-order valence-corrected chi connectivity index (χ4v) is 6.27. The number of hydrogen-bond donors (Lipinski definition) is 0. The summed E-state index contributed by atoms with van der Waals surface area (Å²) in [4.78, 5) is 12.6. The molecule has 0 bridgehead atoms. The van der Waals surface area contributed by atoms with Crippen LogP contribution in [-0.4, -0.2) is 43.8 Å². The Morgan fingerprint density at radius 2 is 1.76 bits per heavy atom. The molecule has 1 aliphatic heterocycles. The second-order valence-corrected chi connectivity index (χ2v) is 11.0. The average molecular weight is 450 g/mol. The van der Waals surface area contributed by atoms with Crippen LogP contribution in [0.1, 0.15) is 101 Å². The zero-order chi connectivity index (χ0) is 22.6. The van der Waals surface area contributed by atoms with Gasteiger partial charge in [0, 0.05) is 36.5 Å². The molecule has 1 atom stereocenters. The van der Waals surface area contributed by atoms with Crippen LogP contribution in [-0.2, 0) is 13.5 Å². The molecule has 2 aromatic heterocycles. The topological polar surface area (TPSA) is 46.8 Å². The molecule has 2 aliphatic carbocycles. The highest BCUT2D eigenvalue weighted by atomic mass is 15.3. The van der Waals surface area contributed by atoms with Gasteiger partial charge in [-0.25, -0.2) is 9.97 Å². The third kappa shape index (κ3) is 5.67. The molecule has 0 spiro atoms. The molecule has 0 amide bonds. The van der Waals surface area contributed by atoms with Crippen molar-refractivity contribution in [2.24, 2.45) is 18.9 Å². The molecule has 2 aromatic rings. The molecule has 3 aliphatic rings. The van der Waals surface area contributed by atoms with Crippen molar-refractivity contribution >= 4 is 0 Å². The SMILES string of the molecule is CCC(CCC1CCC(N2CCCCC2)CC1)c1nccc(-c2cnn(C)c2CC2CC2)n1. The highest BCUT2D eigenvalue weighted by Crippen LogP contribution is 2.37. The Hall–Kier alpha value is -1.75. The van der Waals surface area contributed by atoms with Gasteiger partial charge < -0.3 is 4.90 Å². The highest BCUT2D eigenvalue weighted by Gasteiger charge is 2.28. The maximum absolute atomic E-state index is 5.08. The summed E-state index contributed by atoms with van der Waals surface area (Å²) in [5, 5.41) is 4.56. The summed E-state index contributed by atoms with van der Waals surface area (Å²) in [7, 11) is 2.07. The minimum Gasteiger partial charge on any atom is -0.300 e. The van der Waals surface area contributed by atoms with Gasteiger partial charge in [0.25, 0.3) is 0 Å². The van der Waals surface area contributed by atoms with Crippen LogP contribution in [0.4, 0.5) is 0 Å². The number of aromatic nitrogens is 4. The summed E-state index contributed by atoms with van der Waals surface area (Å²) >= 11 is 0. The van der Waals surface area contributed by atoms with Crippen LogP contribution in [0.15, 0.2) is 18.5 Å². The van der Waals surface area contributed by atoms with Crippen molar-refractivity contribution < 1.29 is 0 Å². The number of hydrogen-bond acceptors (Lipinski definition) is 4. The van der Waals surface area contributed by atoms with Gasteiger partial charge in [0.2, 0.25) is 0 Å². The number of rotatable bonds is 9. The Morgan fingerprint density at radius 1 is 1.00 bits per heavy atom. The van der Waals surface area contributed by atoms with Gasteiger partial charge >= 0.3 is 0 Å². The maximum atomic E-state index is 5.08. The van der Waals surface area contributed by atoms with E-state index in [9.17, 15) is 0 Å². The maximum Gasteiger partial charge on any atom is 0.132 e. The first-order valence-corrected chi connectivity index (χ1v) is 13.8. The lowest BCUT2D eigenvalue weighted by molar-refractivity contribution is 0.112. The monoisotopic (exact) mass is 449 g/mol. The van der Waals surface area contributed by atoms with Gasteiger partial charge in [0.05, 0.1) is 11.9 Å². The van der Waals surface area contributed by atoms with Crippen molar-refractivity contribution in [2.45, 2.75) is 102 Å². The highest BCUT2D eigenvalue weighted by molar-refractivity contribution is 5.61. The van der Waals surface area contributed by atoms with E-state index in [1.54, 1.807) is 0 Å². The van der Waals surface area contributed by atoms with E-state index in [2.05, 4.69) is 30.0 Å².